The molecule has 0 bridgehead atoms. The quantitative estimate of drug-likeness (QED) is 0.589. The van der Waals surface area contributed by atoms with Crippen LogP contribution in [0.3, 0.4) is 0 Å². The molecule has 1 rings (SSSR count). The number of nitrogens with zero attached hydrogens (tertiary/aromatic N) is 1. The first kappa shape index (κ1) is 16.3. The zero-order valence-electron chi connectivity index (χ0n) is 12.8. The van der Waals surface area contributed by atoms with E-state index in [0.717, 1.165) is 13.0 Å². The molecule has 0 radical (unpaired) electrons. The standard InChI is InChI=1S/C15H25N3O2/c1-11(2)18(3)9-5-8-17-15(19)12-6-7-14(20-4)13(16)10-12/h6-7,10-11H,5,8-9,16H2,1-4H3,(H,17,19). The molecular formula is C15H25N3O2. The van der Waals surface area contributed by atoms with Crippen molar-refractivity contribution in [1.29, 1.82) is 0 Å². The van der Waals surface area contributed by atoms with E-state index in [9.17, 15) is 4.79 Å². The van der Waals surface area contributed by atoms with Crippen molar-refractivity contribution in [2.45, 2.75) is 26.3 Å². The molecule has 5 heteroatoms. The number of carbonyl (C=O) groups excluding carboxylic acids is 1. The second kappa shape index (κ2) is 7.75. The summed E-state index contributed by atoms with van der Waals surface area (Å²) in [5.41, 5.74) is 6.81. The first-order valence-electron chi connectivity index (χ1n) is 6.87. The summed E-state index contributed by atoms with van der Waals surface area (Å²) in [5, 5.41) is 2.90. The molecule has 1 aromatic rings. The second-order valence-corrected chi connectivity index (χ2v) is 5.14. The molecule has 0 aliphatic carbocycles. The van der Waals surface area contributed by atoms with Crippen LogP contribution in [0, 0.1) is 0 Å². The minimum Gasteiger partial charge on any atom is -0.495 e. The fourth-order valence-corrected chi connectivity index (χ4v) is 1.77. The van der Waals surface area contributed by atoms with Crippen LogP contribution in [0.5, 0.6) is 5.75 Å². The van der Waals surface area contributed by atoms with Gasteiger partial charge in [0.25, 0.3) is 5.91 Å². The predicted molar refractivity (Wildman–Crippen MR) is 82.1 cm³/mol. The second-order valence-electron chi connectivity index (χ2n) is 5.14. The Kier molecular flexibility index (Phi) is 6.31. The summed E-state index contributed by atoms with van der Waals surface area (Å²) in [4.78, 5) is 14.2. The van der Waals surface area contributed by atoms with Gasteiger partial charge < -0.3 is 20.7 Å². The van der Waals surface area contributed by atoms with Gasteiger partial charge in [-0.25, -0.2) is 0 Å². The number of nitrogens with one attached hydrogen (secondary N) is 1. The molecule has 0 heterocycles. The van der Waals surface area contributed by atoms with Gasteiger partial charge in [0.15, 0.2) is 0 Å². The first-order chi connectivity index (χ1) is 9.45. The Bertz CT molecular complexity index is 447. The van der Waals surface area contributed by atoms with Crippen LogP contribution >= 0.6 is 0 Å². The van der Waals surface area contributed by atoms with Crippen LogP contribution in [0.1, 0.15) is 30.6 Å². The molecule has 1 aromatic carbocycles. The van der Waals surface area contributed by atoms with Gasteiger partial charge in [0.05, 0.1) is 12.8 Å². The number of anilines is 1. The van der Waals surface area contributed by atoms with Crippen molar-refractivity contribution in [3.8, 4) is 5.75 Å². The maximum atomic E-state index is 12.0. The molecular weight excluding hydrogens is 254 g/mol. The zero-order valence-corrected chi connectivity index (χ0v) is 12.8. The van der Waals surface area contributed by atoms with Crippen molar-refractivity contribution in [3.63, 3.8) is 0 Å². The van der Waals surface area contributed by atoms with Crippen molar-refractivity contribution in [1.82, 2.24) is 10.2 Å². The average molecular weight is 279 g/mol. The predicted octanol–water partition coefficient (Wildman–Crippen LogP) is 1.74. The number of nitrogens with two attached hydrogens (primary N) is 1. The molecule has 0 saturated heterocycles. The lowest BCUT2D eigenvalue weighted by Crippen LogP contribution is -2.31. The highest BCUT2D eigenvalue weighted by atomic mass is 16.5. The highest BCUT2D eigenvalue weighted by Gasteiger charge is 2.08. The number of carbonyl (C=O) groups is 1. The minimum absolute atomic E-state index is 0.105. The molecule has 1 amide bonds. The number of rotatable bonds is 7. The van der Waals surface area contributed by atoms with E-state index < -0.39 is 0 Å². The van der Waals surface area contributed by atoms with Gasteiger partial charge in [-0.2, -0.15) is 0 Å². The van der Waals surface area contributed by atoms with Crippen molar-refractivity contribution in [2.75, 3.05) is 33.0 Å². The van der Waals surface area contributed by atoms with Crippen LogP contribution in [0.4, 0.5) is 5.69 Å². The summed E-state index contributed by atoms with van der Waals surface area (Å²) in [6.07, 6.45) is 0.923. The Hall–Kier alpha value is -1.75. The Morgan fingerprint density at radius 1 is 1.45 bits per heavy atom. The third-order valence-electron chi connectivity index (χ3n) is 3.35. The van der Waals surface area contributed by atoms with Crippen molar-refractivity contribution >= 4 is 11.6 Å². The Labute approximate surface area is 121 Å². The summed E-state index contributed by atoms with van der Waals surface area (Å²) in [5.74, 6) is 0.478. The van der Waals surface area contributed by atoms with E-state index in [-0.39, 0.29) is 5.91 Å². The highest BCUT2D eigenvalue weighted by Crippen LogP contribution is 2.21. The maximum absolute atomic E-state index is 12.0. The van der Waals surface area contributed by atoms with Crippen LogP contribution < -0.4 is 15.8 Å². The molecule has 0 fully saturated rings. The molecule has 0 saturated carbocycles. The van der Waals surface area contributed by atoms with Gasteiger partial charge >= 0.3 is 0 Å². The van der Waals surface area contributed by atoms with Crippen molar-refractivity contribution in [3.05, 3.63) is 23.8 Å². The normalized spacial score (nSPS) is 10.9. The minimum atomic E-state index is -0.105. The van der Waals surface area contributed by atoms with Crippen LogP contribution in [0.25, 0.3) is 0 Å². The van der Waals surface area contributed by atoms with E-state index in [0.29, 0.717) is 29.6 Å². The number of ether oxygens (including phenoxy) is 1. The molecule has 0 aliphatic rings. The number of methoxy groups -OCH3 is 1. The molecule has 3 N–H and O–H groups in total. The van der Waals surface area contributed by atoms with Crippen LogP contribution in [0.15, 0.2) is 18.2 Å². The van der Waals surface area contributed by atoms with Crippen molar-refractivity contribution < 1.29 is 9.53 Å². The molecule has 20 heavy (non-hydrogen) atoms. The van der Waals surface area contributed by atoms with Crippen LogP contribution in [-0.4, -0.2) is 44.1 Å². The first-order valence-corrected chi connectivity index (χ1v) is 6.87. The van der Waals surface area contributed by atoms with E-state index in [4.69, 9.17) is 10.5 Å². The van der Waals surface area contributed by atoms with Crippen molar-refractivity contribution in [2.24, 2.45) is 0 Å². The summed E-state index contributed by atoms with van der Waals surface area (Å²) in [6, 6.07) is 5.57. The summed E-state index contributed by atoms with van der Waals surface area (Å²) in [6.45, 7) is 5.92. The zero-order chi connectivity index (χ0) is 15.1. The molecule has 5 nitrogen and oxygen atoms in total. The fraction of sp³-hybridized carbons (Fsp3) is 0.533. The Balaban J connectivity index is 2.41. The molecule has 0 aliphatic heterocycles. The number of hydrogen-bond acceptors (Lipinski definition) is 4. The highest BCUT2D eigenvalue weighted by molar-refractivity contribution is 5.95. The van der Waals surface area contributed by atoms with E-state index in [1.165, 1.54) is 0 Å². The third-order valence-corrected chi connectivity index (χ3v) is 3.35. The summed E-state index contributed by atoms with van der Waals surface area (Å²) >= 11 is 0. The van der Waals surface area contributed by atoms with Gasteiger partial charge in [0.1, 0.15) is 5.75 Å². The molecule has 0 spiro atoms. The third kappa shape index (κ3) is 4.74. The number of amides is 1. The number of nitrogen functional groups attached to an aromatic ring is 1. The smallest absolute Gasteiger partial charge is 0.251 e. The van der Waals surface area contributed by atoms with Crippen LogP contribution in [-0.2, 0) is 0 Å². The van der Waals surface area contributed by atoms with Gasteiger partial charge in [-0.05, 0) is 52.1 Å². The average Bonchev–Trinajstić information content (AvgIpc) is 2.42. The van der Waals surface area contributed by atoms with Gasteiger partial charge in [-0.1, -0.05) is 0 Å². The summed E-state index contributed by atoms with van der Waals surface area (Å²) in [7, 11) is 3.63. The van der Waals surface area contributed by atoms with E-state index >= 15 is 0 Å². The molecule has 0 unspecified atom stereocenters. The van der Waals surface area contributed by atoms with Gasteiger partial charge in [0, 0.05) is 18.2 Å². The molecule has 112 valence electrons. The lowest BCUT2D eigenvalue weighted by Gasteiger charge is -2.20. The van der Waals surface area contributed by atoms with Crippen LogP contribution in [0.2, 0.25) is 0 Å². The monoisotopic (exact) mass is 279 g/mol. The van der Waals surface area contributed by atoms with E-state index in [2.05, 4.69) is 31.1 Å². The fourth-order valence-electron chi connectivity index (χ4n) is 1.77. The van der Waals surface area contributed by atoms with Gasteiger partial charge in [-0.15, -0.1) is 0 Å². The van der Waals surface area contributed by atoms with Gasteiger partial charge in [-0.3, -0.25) is 4.79 Å². The Morgan fingerprint density at radius 3 is 2.70 bits per heavy atom. The van der Waals surface area contributed by atoms with E-state index in [1.807, 2.05) is 0 Å². The lowest BCUT2D eigenvalue weighted by molar-refractivity contribution is 0.0951. The molecule has 0 atom stereocenters. The maximum Gasteiger partial charge on any atom is 0.251 e. The SMILES string of the molecule is COc1ccc(C(=O)NCCCN(C)C(C)C)cc1N. The lowest BCUT2D eigenvalue weighted by atomic mass is 10.1. The number of benzene rings is 1. The number of hydrogen-bond donors (Lipinski definition) is 2. The van der Waals surface area contributed by atoms with Gasteiger partial charge in [0.2, 0.25) is 0 Å². The largest absolute Gasteiger partial charge is 0.495 e. The molecule has 0 aromatic heterocycles. The summed E-state index contributed by atoms with van der Waals surface area (Å²) < 4.78 is 5.06. The van der Waals surface area contributed by atoms with E-state index in [1.54, 1.807) is 25.3 Å². The topological polar surface area (TPSA) is 67.6 Å². The Morgan fingerprint density at radius 2 is 2.15 bits per heavy atom.